The number of hydrogen-bond acceptors (Lipinski definition) is 6. The highest BCUT2D eigenvalue weighted by Gasteiger charge is 2.16. The van der Waals surface area contributed by atoms with E-state index in [2.05, 4.69) is 15.5 Å². The molecule has 1 aromatic carbocycles. The molecule has 0 atom stereocenters. The molecular formula is C18H19FN4O3. The monoisotopic (exact) mass is 358 g/mol. The van der Waals surface area contributed by atoms with Gasteiger partial charge in [0.05, 0.1) is 19.4 Å². The van der Waals surface area contributed by atoms with Crippen molar-refractivity contribution in [1.82, 2.24) is 15.1 Å². The highest BCUT2D eigenvalue weighted by atomic mass is 19.1. The normalized spacial score (nSPS) is 11.0. The van der Waals surface area contributed by atoms with Crippen LogP contribution in [0.25, 0.3) is 11.7 Å². The fourth-order valence-electron chi connectivity index (χ4n) is 2.51. The summed E-state index contributed by atoms with van der Waals surface area (Å²) < 4.78 is 24.0. The lowest BCUT2D eigenvalue weighted by Crippen LogP contribution is -2.33. The fourth-order valence-corrected chi connectivity index (χ4v) is 2.51. The molecule has 136 valence electrons. The van der Waals surface area contributed by atoms with Crippen LogP contribution >= 0.6 is 0 Å². The van der Waals surface area contributed by atoms with E-state index in [1.54, 1.807) is 24.3 Å². The summed E-state index contributed by atoms with van der Waals surface area (Å²) in [6.45, 7) is 3.15. The molecule has 2 heterocycles. The molecule has 7 nitrogen and oxygen atoms in total. The Morgan fingerprint density at radius 1 is 1.27 bits per heavy atom. The Balaban J connectivity index is 1.61. The van der Waals surface area contributed by atoms with Gasteiger partial charge in [-0.3, -0.25) is 9.69 Å². The van der Waals surface area contributed by atoms with Crippen LogP contribution in [0.2, 0.25) is 0 Å². The summed E-state index contributed by atoms with van der Waals surface area (Å²) in [5, 5.41) is 10.6. The van der Waals surface area contributed by atoms with Crippen LogP contribution in [-0.2, 0) is 11.3 Å². The molecule has 0 aliphatic heterocycles. The number of anilines is 1. The Bertz CT molecular complexity index is 848. The lowest BCUT2D eigenvalue weighted by atomic mass is 10.3. The van der Waals surface area contributed by atoms with Crippen molar-refractivity contribution in [2.24, 2.45) is 0 Å². The van der Waals surface area contributed by atoms with Crippen molar-refractivity contribution in [2.45, 2.75) is 19.9 Å². The third-order valence-electron chi connectivity index (χ3n) is 3.57. The molecule has 0 spiro atoms. The Hall–Kier alpha value is -3.00. The van der Waals surface area contributed by atoms with Crippen molar-refractivity contribution in [3.63, 3.8) is 0 Å². The van der Waals surface area contributed by atoms with Crippen molar-refractivity contribution < 1.29 is 18.0 Å². The lowest BCUT2D eigenvalue weighted by molar-refractivity contribution is -0.117. The van der Waals surface area contributed by atoms with E-state index in [9.17, 15) is 9.18 Å². The smallest absolute Gasteiger partial charge is 0.283 e. The van der Waals surface area contributed by atoms with Gasteiger partial charge in [0, 0.05) is 5.69 Å². The zero-order chi connectivity index (χ0) is 18.4. The third kappa shape index (κ3) is 4.76. The number of halogens is 1. The first kappa shape index (κ1) is 17.8. The zero-order valence-corrected chi connectivity index (χ0v) is 14.3. The van der Waals surface area contributed by atoms with Crippen LogP contribution in [0.15, 0.2) is 51.5 Å². The molecule has 8 heteroatoms. The van der Waals surface area contributed by atoms with Gasteiger partial charge in [-0.25, -0.2) is 4.39 Å². The summed E-state index contributed by atoms with van der Waals surface area (Å²) in [4.78, 5) is 14.1. The maximum absolute atomic E-state index is 13.2. The first-order valence-electron chi connectivity index (χ1n) is 8.28. The van der Waals surface area contributed by atoms with Gasteiger partial charge in [0.2, 0.25) is 11.8 Å². The van der Waals surface area contributed by atoms with Crippen molar-refractivity contribution >= 4 is 11.6 Å². The van der Waals surface area contributed by atoms with Crippen LogP contribution in [0.1, 0.15) is 19.2 Å². The van der Waals surface area contributed by atoms with Crippen LogP contribution < -0.4 is 5.32 Å². The standard InChI is InChI=1S/C18H19FN4O3/c1-2-8-23(11-16(24)20-14-6-3-5-13(19)10-14)12-17-21-22-18(26-17)15-7-4-9-25-15/h3-7,9-10H,2,8,11-12H2,1H3,(H,20,24). The van der Waals surface area contributed by atoms with Crippen molar-refractivity contribution in [2.75, 3.05) is 18.4 Å². The molecule has 26 heavy (non-hydrogen) atoms. The van der Waals surface area contributed by atoms with Crippen LogP contribution in [0.3, 0.4) is 0 Å². The van der Waals surface area contributed by atoms with Crippen molar-refractivity contribution in [1.29, 1.82) is 0 Å². The minimum absolute atomic E-state index is 0.128. The number of benzene rings is 1. The first-order valence-corrected chi connectivity index (χ1v) is 8.28. The molecule has 0 radical (unpaired) electrons. The summed E-state index contributed by atoms with van der Waals surface area (Å²) in [5.41, 5.74) is 0.421. The molecule has 2 aromatic heterocycles. The molecule has 0 unspecified atom stereocenters. The molecule has 0 saturated carbocycles. The topological polar surface area (TPSA) is 84.4 Å². The van der Waals surface area contributed by atoms with E-state index in [1.165, 1.54) is 18.4 Å². The molecular weight excluding hydrogens is 339 g/mol. The number of nitrogens with zero attached hydrogens (tertiary/aromatic N) is 3. The van der Waals surface area contributed by atoms with E-state index in [0.717, 1.165) is 6.42 Å². The molecule has 0 bridgehead atoms. The average molecular weight is 358 g/mol. The zero-order valence-electron chi connectivity index (χ0n) is 14.3. The summed E-state index contributed by atoms with van der Waals surface area (Å²) in [7, 11) is 0. The molecule has 3 rings (SSSR count). The fraction of sp³-hybridized carbons (Fsp3) is 0.278. The summed E-state index contributed by atoms with van der Waals surface area (Å²) in [5.74, 6) is 0.544. The summed E-state index contributed by atoms with van der Waals surface area (Å²) in [6.07, 6.45) is 2.38. The Morgan fingerprint density at radius 3 is 2.88 bits per heavy atom. The number of amides is 1. The van der Waals surface area contributed by atoms with Crippen LogP contribution in [0.5, 0.6) is 0 Å². The van der Waals surface area contributed by atoms with E-state index < -0.39 is 5.82 Å². The van der Waals surface area contributed by atoms with E-state index in [-0.39, 0.29) is 12.5 Å². The van der Waals surface area contributed by atoms with Gasteiger partial charge in [-0.05, 0) is 43.3 Å². The number of hydrogen-bond donors (Lipinski definition) is 1. The van der Waals surface area contributed by atoms with Crippen molar-refractivity contribution in [3.05, 3.63) is 54.4 Å². The van der Waals surface area contributed by atoms with Crippen molar-refractivity contribution in [3.8, 4) is 11.7 Å². The van der Waals surface area contributed by atoms with Gasteiger partial charge in [0.25, 0.3) is 5.89 Å². The van der Waals surface area contributed by atoms with Gasteiger partial charge >= 0.3 is 0 Å². The van der Waals surface area contributed by atoms with Gasteiger partial charge in [-0.15, -0.1) is 10.2 Å². The summed E-state index contributed by atoms with van der Waals surface area (Å²) in [6, 6.07) is 9.25. The average Bonchev–Trinajstić information content (AvgIpc) is 3.26. The van der Waals surface area contributed by atoms with Crippen LogP contribution in [0.4, 0.5) is 10.1 Å². The van der Waals surface area contributed by atoms with Gasteiger partial charge < -0.3 is 14.2 Å². The van der Waals surface area contributed by atoms with E-state index in [0.29, 0.717) is 36.3 Å². The number of carbonyl (C=O) groups excluding carboxylic acids is 1. The molecule has 0 fully saturated rings. The maximum Gasteiger partial charge on any atom is 0.283 e. The Morgan fingerprint density at radius 2 is 2.15 bits per heavy atom. The molecule has 1 N–H and O–H groups in total. The Labute approximate surface area is 149 Å². The second kappa shape index (κ2) is 8.39. The SMILES string of the molecule is CCCN(CC(=O)Nc1cccc(F)c1)Cc1nnc(-c2ccco2)o1. The highest BCUT2D eigenvalue weighted by molar-refractivity contribution is 5.92. The molecule has 0 aliphatic rings. The largest absolute Gasteiger partial charge is 0.459 e. The lowest BCUT2D eigenvalue weighted by Gasteiger charge is -2.19. The minimum atomic E-state index is -0.399. The Kier molecular flexibility index (Phi) is 5.75. The van der Waals surface area contributed by atoms with E-state index >= 15 is 0 Å². The first-order chi connectivity index (χ1) is 12.6. The van der Waals surface area contributed by atoms with E-state index in [1.807, 2.05) is 11.8 Å². The number of carbonyl (C=O) groups is 1. The molecule has 0 saturated heterocycles. The van der Waals surface area contributed by atoms with Gasteiger partial charge in [0.1, 0.15) is 5.82 Å². The second-order valence-electron chi connectivity index (χ2n) is 5.75. The van der Waals surface area contributed by atoms with Gasteiger partial charge in [0.15, 0.2) is 5.76 Å². The highest BCUT2D eigenvalue weighted by Crippen LogP contribution is 2.18. The number of nitrogens with one attached hydrogen (secondary N) is 1. The number of furan rings is 1. The summed E-state index contributed by atoms with van der Waals surface area (Å²) >= 11 is 0. The molecule has 3 aromatic rings. The van der Waals surface area contributed by atoms with Gasteiger partial charge in [-0.2, -0.15) is 0 Å². The van der Waals surface area contributed by atoms with Crippen LogP contribution in [0, 0.1) is 5.82 Å². The van der Waals surface area contributed by atoms with E-state index in [4.69, 9.17) is 8.83 Å². The predicted molar refractivity (Wildman–Crippen MR) is 92.6 cm³/mol. The van der Waals surface area contributed by atoms with Crippen LogP contribution in [-0.4, -0.2) is 34.1 Å². The minimum Gasteiger partial charge on any atom is -0.459 e. The third-order valence-corrected chi connectivity index (χ3v) is 3.57. The number of rotatable bonds is 8. The van der Waals surface area contributed by atoms with Gasteiger partial charge in [-0.1, -0.05) is 13.0 Å². The number of aromatic nitrogens is 2. The molecule has 1 amide bonds. The second-order valence-corrected chi connectivity index (χ2v) is 5.75. The predicted octanol–water partition coefficient (Wildman–Crippen LogP) is 3.32. The quantitative estimate of drug-likeness (QED) is 0.665. The maximum atomic E-state index is 13.2. The molecule has 0 aliphatic carbocycles.